The lowest BCUT2D eigenvalue weighted by Gasteiger charge is -2.43. The van der Waals surface area contributed by atoms with Gasteiger partial charge in [0.1, 0.15) is 0 Å². The molecular weight excluding hydrogens is 168 g/mol. The first-order valence-electron chi connectivity index (χ1n) is 6.67. The van der Waals surface area contributed by atoms with Crippen molar-refractivity contribution in [2.24, 2.45) is 17.3 Å². The highest BCUT2D eigenvalue weighted by Crippen LogP contribution is 2.47. The maximum Gasteiger partial charge on any atom is -0.0351 e. The third kappa shape index (κ3) is 3.00. The molecule has 0 bridgehead atoms. The Labute approximate surface area is 90.5 Å². The molecule has 2 unspecified atom stereocenters. The fourth-order valence-electron chi connectivity index (χ4n) is 3.32. The molecule has 2 aliphatic rings. The van der Waals surface area contributed by atoms with Crippen LogP contribution in [0.25, 0.3) is 0 Å². The third-order valence-electron chi connectivity index (χ3n) is 4.07. The highest BCUT2D eigenvalue weighted by molar-refractivity contribution is 4.86. The van der Waals surface area contributed by atoms with E-state index in [1.165, 1.54) is 38.5 Å². The van der Waals surface area contributed by atoms with Crippen molar-refractivity contribution in [3.05, 3.63) is 0 Å². The monoisotopic (exact) mass is 196 g/mol. The first-order valence-corrected chi connectivity index (χ1v) is 6.67. The van der Waals surface area contributed by atoms with Crippen molar-refractivity contribution >= 4 is 0 Å². The van der Waals surface area contributed by atoms with E-state index in [1.54, 1.807) is 6.42 Å². The molecule has 0 nitrogen and oxygen atoms in total. The van der Waals surface area contributed by atoms with E-state index in [9.17, 15) is 0 Å². The van der Waals surface area contributed by atoms with Crippen LogP contribution >= 0.6 is 0 Å². The zero-order chi connectivity index (χ0) is 10.6. The van der Waals surface area contributed by atoms with Crippen LogP contribution in [0.1, 0.15) is 72.6 Å². The summed E-state index contributed by atoms with van der Waals surface area (Å²) in [7, 11) is 0. The van der Waals surface area contributed by atoms with E-state index in [-0.39, 0.29) is 0 Å². The summed E-state index contributed by atoms with van der Waals surface area (Å²) in [6.07, 6.45) is 10.6. The van der Waals surface area contributed by atoms with Gasteiger partial charge in [0, 0.05) is 0 Å². The highest BCUT2D eigenvalue weighted by Gasteiger charge is 2.35. The van der Waals surface area contributed by atoms with Crippen LogP contribution in [0.4, 0.5) is 0 Å². The van der Waals surface area contributed by atoms with Crippen LogP contribution in [0.15, 0.2) is 0 Å². The van der Waals surface area contributed by atoms with Gasteiger partial charge in [-0.3, -0.25) is 0 Å². The van der Waals surface area contributed by atoms with Gasteiger partial charge in [-0.1, -0.05) is 53.4 Å². The smallest absolute Gasteiger partial charge is 0.0351 e. The first-order chi connectivity index (χ1) is 6.67. The molecule has 2 fully saturated rings. The average Bonchev–Trinajstić information content (AvgIpc) is 2.19. The van der Waals surface area contributed by atoms with Gasteiger partial charge in [0.25, 0.3) is 0 Å². The van der Waals surface area contributed by atoms with Crippen LogP contribution < -0.4 is 0 Å². The predicted molar refractivity (Wildman–Crippen MR) is 64.4 cm³/mol. The van der Waals surface area contributed by atoms with E-state index >= 15 is 0 Å². The molecular formula is C14H28. The van der Waals surface area contributed by atoms with Crippen LogP contribution in [0.5, 0.6) is 0 Å². The Hall–Kier alpha value is 0. The lowest BCUT2D eigenvalue weighted by molar-refractivity contribution is 0.0833. The second kappa shape index (κ2) is 5.19. The minimum absolute atomic E-state index is 0.665. The molecule has 0 aliphatic heterocycles. The fourth-order valence-corrected chi connectivity index (χ4v) is 3.32. The van der Waals surface area contributed by atoms with E-state index in [1.807, 2.05) is 13.8 Å². The topological polar surface area (TPSA) is 0 Å². The second-order valence-electron chi connectivity index (χ2n) is 5.71. The van der Waals surface area contributed by atoms with Crippen LogP contribution in [-0.4, -0.2) is 0 Å². The lowest BCUT2D eigenvalue weighted by Crippen LogP contribution is -2.31. The van der Waals surface area contributed by atoms with Crippen molar-refractivity contribution in [2.45, 2.75) is 72.6 Å². The number of rotatable bonds is 0. The molecule has 0 aromatic rings. The minimum Gasteiger partial charge on any atom is -0.0683 e. The summed E-state index contributed by atoms with van der Waals surface area (Å²) >= 11 is 0. The Morgan fingerprint density at radius 3 is 2.07 bits per heavy atom. The van der Waals surface area contributed by atoms with Gasteiger partial charge >= 0.3 is 0 Å². The summed E-state index contributed by atoms with van der Waals surface area (Å²) in [6.45, 7) is 8.91. The number of hydrogen-bond donors (Lipinski definition) is 0. The Morgan fingerprint density at radius 2 is 1.43 bits per heavy atom. The Morgan fingerprint density at radius 1 is 0.857 bits per heavy atom. The molecule has 14 heavy (non-hydrogen) atoms. The van der Waals surface area contributed by atoms with Crippen molar-refractivity contribution in [1.82, 2.24) is 0 Å². The SMILES string of the molecule is CC.CC1(C)CCC2CCCCC2C1. The molecule has 0 N–H and O–H groups in total. The van der Waals surface area contributed by atoms with Gasteiger partial charge in [0.05, 0.1) is 0 Å². The van der Waals surface area contributed by atoms with Gasteiger partial charge in [-0.05, 0) is 36.5 Å². The van der Waals surface area contributed by atoms with Crippen molar-refractivity contribution < 1.29 is 0 Å². The molecule has 2 aliphatic carbocycles. The lowest BCUT2D eigenvalue weighted by atomic mass is 9.63. The van der Waals surface area contributed by atoms with Crippen molar-refractivity contribution in [3.8, 4) is 0 Å². The quantitative estimate of drug-likeness (QED) is 0.510. The molecule has 0 aromatic carbocycles. The molecule has 0 amide bonds. The zero-order valence-electron chi connectivity index (χ0n) is 10.6. The summed E-state index contributed by atoms with van der Waals surface area (Å²) in [6, 6.07) is 0. The van der Waals surface area contributed by atoms with Gasteiger partial charge in [0.2, 0.25) is 0 Å². The molecule has 84 valence electrons. The third-order valence-corrected chi connectivity index (χ3v) is 4.07. The molecule has 0 spiro atoms. The molecule has 2 rings (SSSR count). The molecule has 2 atom stereocenters. The van der Waals surface area contributed by atoms with E-state index in [2.05, 4.69) is 13.8 Å². The summed E-state index contributed by atoms with van der Waals surface area (Å²) < 4.78 is 0. The summed E-state index contributed by atoms with van der Waals surface area (Å²) in [5, 5.41) is 0. The number of hydrogen-bond acceptors (Lipinski definition) is 0. The van der Waals surface area contributed by atoms with E-state index in [0.717, 1.165) is 11.8 Å². The molecule has 0 aromatic heterocycles. The van der Waals surface area contributed by atoms with E-state index in [4.69, 9.17) is 0 Å². The largest absolute Gasteiger partial charge is 0.0683 e. The summed E-state index contributed by atoms with van der Waals surface area (Å²) in [5.74, 6) is 2.22. The molecule has 0 radical (unpaired) electrons. The first kappa shape index (κ1) is 12.1. The van der Waals surface area contributed by atoms with Crippen LogP contribution in [0, 0.1) is 17.3 Å². The van der Waals surface area contributed by atoms with Gasteiger partial charge in [-0.25, -0.2) is 0 Å². The van der Waals surface area contributed by atoms with Crippen LogP contribution in [0.3, 0.4) is 0 Å². The van der Waals surface area contributed by atoms with Gasteiger partial charge < -0.3 is 0 Å². The average molecular weight is 196 g/mol. The molecule has 2 saturated carbocycles. The van der Waals surface area contributed by atoms with E-state index < -0.39 is 0 Å². The predicted octanol–water partition coefficient (Wildman–Crippen LogP) is 5.03. The fraction of sp³-hybridized carbons (Fsp3) is 1.00. The van der Waals surface area contributed by atoms with E-state index in [0.29, 0.717) is 5.41 Å². The van der Waals surface area contributed by atoms with Crippen LogP contribution in [0.2, 0.25) is 0 Å². The second-order valence-corrected chi connectivity index (χ2v) is 5.71. The molecule has 0 saturated heterocycles. The standard InChI is InChI=1S/C12H22.C2H6/c1-12(2)8-7-10-5-3-4-6-11(10)9-12;1-2/h10-11H,3-9H2,1-2H3;1-2H3. The highest BCUT2D eigenvalue weighted by atomic mass is 14.4. The normalized spacial score (nSPS) is 35.1. The number of fused-ring (bicyclic) bond motifs is 1. The van der Waals surface area contributed by atoms with Gasteiger partial charge in [0.15, 0.2) is 0 Å². The summed E-state index contributed by atoms with van der Waals surface area (Å²) in [4.78, 5) is 0. The molecule has 0 heterocycles. The molecule has 0 heteroatoms. The maximum absolute atomic E-state index is 2.46. The maximum atomic E-state index is 2.46. The minimum atomic E-state index is 0.665. The Kier molecular flexibility index (Phi) is 4.47. The van der Waals surface area contributed by atoms with Crippen molar-refractivity contribution in [3.63, 3.8) is 0 Å². The zero-order valence-corrected chi connectivity index (χ0v) is 10.6. The van der Waals surface area contributed by atoms with Crippen molar-refractivity contribution in [2.75, 3.05) is 0 Å². The summed E-state index contributed by atoms with van der Waals surface area (Å²) in [5.41, 5.74) is 0.665. The van der Waals surface area contributed by atoms with Gasteiger partial charge in [-0.2, -0.15) is 0 Å². The van der Waals surface area contributed by atoms with Crippen molar-refractivity contribution in [1.29, 1.82) is 0 Å². The Balaban J connectivity index is 0.000000461. The van der Waals surface area contributed by atoms with Crippen LogP contribution in [-0.2, 0) is 0 Å². The van der Waals surface area contributed by atoms with Gasteiger partial charge in [-0.15, -0.1) is 0 Å². The Bertz CT molecular complexity index is 157.